The molecule has 0 fully saturated rings. The fourth-order valence-electron chi connectivity index (χ4n) is 10.0. The van der Waals surface area contributed by atoms with Crippen molar-refractivity contribution >= 4 is 83.4 Å². The average Bonchev–Trinajstić information content (AvgIpc) is 3.96. The van der Waals surface area contributed by atoms with Gasteiger partial charge in [-0.3, -0.25) is 0 Å². The summed E-state index contributed by atoms with van der Waals surface area (Å²) in [5.74, 6) is 0.455. The third-order valence-corrected chi connectivity index (χ3v) is 17.6. The topological polar surface area (TPSA) is 39.2 Å². The highest BCUT2D eigenvalue weighted by molar-refractivity contribution is 7.20. The number of hydrogen-bond donors (Lipinski definition) is 0. The van der Waals surface area contributed by atoms with Gasteiger partial charge in [-0.1, -0.05) is 194 Å². The van der Waals surface area contributed by atoms with E-state index in [1.54, 1.807) is 0 Å². The third kappa shape index (κ3) is 5.76. The Morgan fingerprint density at radius 1 is 0.403 bits per heavy atom. The Labute approximate surface area is 360 Å². The molecule has 1 unspecified atom stereocenters. The Bertz CT molecular complexity index is 3480. The molecule has 1 atom stereocenters. The highest BCUT2D eigenvalue weighted by atomic mass is 28.3. The van der Waals surface area contributed by atoms with Crippen LogP contribution in [0, 0.1) is 0 Å². The maximum atomic E-state index is 6.71. The van der Waals surface area contributed by atoms with E-state index in [0.717, 1.165) is 65.7 Å². The molecule has 0 amide bonds. The predicted octanol–water partition coefficient (Wildman–Crippen LogP) is 12.3. The van der Waals surface area contributed by atoms with Crippen LogP contribution in [0.1, 0.15) is 22.6 Å². The van der Waals surface area contributed by atoms with E-state index in [1.165, 1.54) is 31.9 Å². The van der Waals surface area contributed by atoms with E-state index in [1.807, 2.05) is 36.4 Å². The van der Waals surface area contributed by atoms with Crippen LogP contribution in [0.5, 0.6) is 0 Å². The first-order valence-electron chi connectivity index (χ1n) is 21.2. The largest absolute Gasteiger partial charge is 0.456 e. The van der Waals surface area contributed by atoms with E-state index in [4.69, 9.17) is 13.8 Å². The maximum absolute atomic E-state index is 6.71. The zero-order valence-corrected chi connectivity index (χ0v) is 34.8. The monoisotopic (exact) mass is 809 g/mol. The van der Waals surface area contributed by atoms with Gasteiger partial charge in [0.1, 0.15) is 16.7 Å². The quantitative estimate of drug-likeness (QED) is 0.0872. The van der Waals surface area contributed by atoms with Crippen molar-refractivity contribution in [3.63, 3.8) is 0 Å². The Kier molecular flexibility index (Phi) is 8.58. The van der Waals surface area contributed by atoms with Crippen molar-refractivity contribution in [2.24, 2.45) is 0 Å². The lowest BCUT2D eigenvalue weighted by Crippen LogP contribution is -2.75. The molecular formula is C58H39NO2Si. The molecule has 0 bridgehead atoms. The summed E-state index contributed by atoms with van der Waals surface area (Å²) in [5.41, 5.74) is 7.99. The molecule has 0 aliphatic rings. The van der Waals surface area contributed by atoms with Gasteiger partial charge >= 0.3 is 0 Å². The Balaban J connectivity index is 1.17. The third-order valence-electron chi connectivity index (χ3n) is 12.8. The van der Waals surface area contributed by atoms with Gasteiger partial charge in [-0.25, -0.2) is 4.98 Å². The van der Waals surface area contributed by atoms with Gasteiger partial charge in [0.15, 0.2) is 13.7 Å². The molecule has 12 rings (SSSR count). The molecule has 62 heavy (non-hydrogen) atoms. The molecular weight excluding hydrogens is 771 g/mol. The summed E-state index contributed by atoms with van der Waals surface area (Å²) < 4.78 is 13.3. The summed E-state index contributed by atoms with van der Waals surface area (Å²) in [7, 11) is -2.96. The first-order valence-corrected chi connectivity index (χ1v) is 23.2. The van der Waals surface area contributed by atoms with E-state index < -0.39 is 8.07 Å². The van der Waals surface area contributed by atoms with Crippen LogP contribution in [-0.2, 0) is 0 Å². The van der Waals surface area contributed by atoms with Crippen LogP contribution < -0.4 is 20.7 Å². The lowest BCUT2D eigenvalue weighted by Gasteiger charge is -2.37. The van der Waals surface area contributed by atoms with Gasteiger partial charge in [-0.15, -0.1) is 0 Å². The molecule has 4 heteroatoms. The Morgan fingerprint density at radius 2 is 0.952 bits per heavy atom. The lowest BCUT2D eigenvalue weighted by atomic mass is 9.83. The van der Waals surface area contributed by atoms with Crippen LogP contribution in [-0.4, -0.2) is 13.1 Å². The van der Waals surface area contributed by atoms with Crippen molar-refractivity contribution in [3.8, 4) is 11.5 Å². The fraction of sp³-hybridized carbons (Fsp3) is 0.0172. The lowest BCUT2D eigenvalue weighted by molar-refractivity contribution is 0.623. The molecule has 2 aromatic heterocycles. The molecule has 0 aliphatic heterocycles. The van der Waals surface area contributed by atoms with Crippen molar-refractivity contribution in [1.29, 1.82) is 0 Å². The van der Waals surface area contributed by atoms with Crippen LogP contribution >= 0.6 is 0 Å². The normalized spacial score (nSPS) is 12.5. The number of benzene rings is 10. The number of aromatic nitrogens is 1. The molecule has 3 nitrogen and oxygen atoms in total. The van der Waals surface area contributed by atoms with Crippen molar-refractivity contribution < 1.29 is 8.83 Å². The summed E-state index contributed by atoms with van der Waals surface area (Å²) in [6, 6.07) is 83.8. The van der Waals surface area contributed by atoms with E-state index >= 15 is 0 Å². The second kappa shape index (κ2) is 14.7. The molecule has 0 N–H and O–H groups in total. The number of hydrogen-bond acceptors (Lipinski definition) is 3. The predicted molar refractivity (Wildman–Crippen MR) is 259 cm³/mol. The minimum atomic E-state index is -2.96. The molecule has 0 aliphatic carbocycles. The smallest absolute Gasteiger partial charge is 0.227 e. The molecule has 292 valence electrons. The van der Waals surface area contributed by atoms with Gasteiger partial charge in [0.25, 0.3) is 0 Å². The van der Waals surface area contributed by atoms with E-state index in [-0.39, 0.29) is 5.92 Å². The van der Waals surface area contributed by atoms with E-state index in [0.29, 0.717) is 5.89 Å². The summed E-state index contributed by atoms with van der Waals surface area (Å²) in [6.07, 6.45) is 0. The van der Waals surface area contributed by atoms with Crippen molar-refractivity contribution in [2.75, 3.05) is 0 Å². The number of nitrogens with zero attached hydrogens (tertiary/aromatic N) is 1. The summed E-state index contributed by atoms with van der Waals surface area (Å²) in [6.45, 7) is 0. The molecule has 0 saturated heterocycles. The van der Waals surface area contributed by atoms with Crippen LogP contribution in [0.2, 0.25) is 0 Å². The first kappa shape index (κ1) is 36.1. The standard InChI is InChI=1S/C58H39NO2Si/c1-5-17-41(18-6-1)58-59-51-36-34-40-31-29-39-30-32-42(37-50(39)56(40)57(51)61-58)55(43-33-35-48-47-25-13-15-27-52(47)60-53(48)38-43)49-26-14-16-28-54(49)62(44-19-7-2-8-20-44,45-21-9-3-10-22-45)46-23-11-4-12-24-46/h1-38,55H. The molecule has 0 saturated carbocycles. The maximum Gasteiger partial charge on any atom is 0.227 e. The number of oxazole rings is 1. The van der Waals surface area contributed by atoms with E-state index in [9.17, 15) is 0 Å². The van der Waals surface area contributed by atoms with Gasteiger partial charge in [-0.05, 0) is 90.0 Å². The SMILES string of the molecule is c1ccc(-c2nc3ccc4ccc5ccc(C(c6ccc7c(c6)oc6ccccc67)c6ccccc6[Si](c6ccccc6)(c6ccccc6)c6ccccc6)cc5c4c3o2)cc1. The highest BCUT2D eigenvalue weighted by Gasteiger charge is 2.43. The molecule has 12 aromatic rings. The van der Waals surface area contributed by atoms with Gasteiger partial charge < -0.3 is 8.83 Å². The highest BCUT2D eigenvalue weighted by Crippen LogP contribution is 2.40. The van der Waals surface area contributed by atoms with Crippen LogP contribution in [0.4, 0.5) is 0 Å². The molecule has 10 aromatic carbocycles. The van der Waals surface area contributed by atoms with Crippen molar-refractivity contribution in [3.05, 3.63) is 247 Å². The summed E-state index contributed by atoms with van der Waals surface area (Å²) in [4.78, 5) is 4.99. The number of furan rings is 1. The van der Waals surface area contributed by atoms with Gasteiger partial charge in [0, 0.05) is 27.6 Å². The van der Waals surface area contributed by atoms with Gasteiger partial charge in [-0.2, -0.15) is 0 Å². The van der Waals surface area contributed by atoms with Crippen LogP contribution in [0.15, 0.2) is 239 Å². The minimum Gasteiger partial charge on any atom is -0.456 e. The van der Waals surface area contributed by atoms with Gasteiger partial charge in [0.05, 0.1) is 0 Å². The second-order valence-corrected chi connectivity index (χ2v) is 19.9. The summed E-state index contributed by atoms with van der Waals surface area (Å²) in [5, 5.41) is 12.1. The molecule has 0 spiro atoms. The van der Waals surface area contributed by atoms with Crippen molar-refractivity contribution in [2.45, 2.75) is 5.92 Å². The summed E-state index contributed by atoms with van der Waals surface area (Å²) >= 11 is 0. The second-order valence-electron chi connectivity index (χ2n) is 16.2. The van der Waals surface area contributed by atoms with E-state index in [2.05, 4.69) is 194 Å². The Morgan fingerprint density at radius 3 is 1.68 bits per heavy atom. The fourth-order valence-corrected chi connectivity index (χ4v) is 15.0. The van der Waals surface area contributed by atoms with Crippen LogP contribution in [0.25, 0.3) is 66.0 Å². The molecule has 2 heterocycles. The molecule has 0 radical (unpaired) electrons. The van der Waals surface area contributed by atoms with Crippen molar-refractivity contribution in [1.82, 2.24) is 4.98 Å². The first-order chi connectivity index (χ1) is 30.7. The Hall–Kier alpha value is -7.79. The number of rotatable bonds is 8. The zero-order chi connectivity index (χ0) is 41.0. The number of fused-ring (bicyclic) bond motifs is 8. The van der Waals surface area contributed by atoms with Crippen LogP contribution in [0.3, 0.4) is 0 Å². The average molecular weight is 810 g/mol. The number of para-hydroxylation sites is 1. The minimum absolute atomic E-state index is 0.166. The van der Waals surface area contributed by atoms with Gasteiger partial charge in [0.2, 0.25) is 5.89 Å². The zero-order valence-electron chi connectivity index (χ0n) is 33.8.